The van der Waals surface area contributed by atoms with Gasteiger partial charge < -0.3 is 68.5 Å². The van der Waals surface area contributed by atoms with E-state index in [1.807, 2.05) is 291 Å². The maximum Gasteiger partial charge on any atom is 0.227 e. The quantitative estimate of drug-likeness (QED) is 0.0265. The van der Waals surface area contributed by atoms with E-state index in [0.717, 1.165) is 256 Å². The van der Waals surface area contributed by atoms with E-state index < -0.39 is 0 Å². The number of ketones is 5. The minimum Gasteiger partial charge on any atom is -0.513 e. The number of unbranched alkanes of at least 4 members (excludes halogenated alkanes) is 24. The second-order valence-corrected chi connectivity index (χ2v) is 38.6. The van der Waals surface area contributed by atoms with Crippen molar-refractivity contribution in [3.05, 3.63) is 235 Å². The van der Waals surface area contributed by atoms with E-state index in [2.05, 4.69) is 13.2 Å². The lowest BCUT2D eigenvalue weighted by Crippen LogP contribution is -2.36. The summed E-state index contributed by atoms with van der Waals surface area (Å²) in [4.78, 5) is 153. The summed E-state index contributed by atoms with van der Waals surface area (Å²) in [5.74, 6) is 3.06. The lowest BCUT2D eigenvalue weighted by molar-refractivity contribution is -0.119. The number of rotatable bonds is 64. The average molecular weight is 2010 g/mol. The van der Waals surface area contributed by atoms with Crippen molar-refractivity contribution in [3.63, 3.8) is 0 Å². The third-order valence-electron chi connectivity index (χ3n) is 25.2. The van der Waals surface area contributed by atoms with E-state index in [-0.39, 0.29) is 87.8 Å². The molecule has 806 valence electrons. The van der Waals surface area contributed by atoms with Crippen LogP contribution in [0, 0.1) is 27.7 Å². The molecule has 21 heteroatoms. The van der Waals surface area contributed by atoms with Gasteiger partial charge >= 0.3 is 0 Å². The molecule has 0 atom stereocenters. The highest BCUT2D eigenvalue weighted by atomic mass is 16.3. The van der Waals surface area contributed by atoms with Crippen LogP contribution in [0.25, 0.3) is 0 Å². The number of carbonyl (C=O) groups excluding carboxylic acids is 12. The van der Waals surface area contributed by atoms with Crippen molar-refractivity contribution >= 4 is 110 Å². The number of aryl methyl sites for hydroxylation is 4. The van der Waals surface area contributed by atoms with Crippen molar-refractivity contribution < 1.29 is 67.7 Å². The van der Waals surface area contributed by atoms with Gasteiger partial charge in [-0.1, -0.05) is 249 Å². The first kappa shape index (κ1) is 132. The van der Waals surface area contributed by atoms with Gasteiger partial charge in [-0.3, -0.25) is 33.6 Å². The molecule has 0 spiro atoms. The fourth-order valence-electron chi connectivity index (χ4n) is 16.7. The minimum absolute atomic E-state index is 0.132. The zero-order chi connectivity index (χ0) is 109. The van der Waals surface area contributed by atoms with Crippen molar-refractivity contribution in [1.29, 1.82) is 0 Å². The second kappa shape index (κ2) is 83.3. The first-order valence-corrected chi connectivity index (χ1v) is 54.6. The highest BCUT2D eigenvalue weighted by Gasteiger charge is 2.22. The van der Waals surface area contributed by atoms with E-state index in [9.17, 15) is 57.5 Å². The van der Waals surface area contributed by atoms with Gasteiger partial charge in [-0.2, -0.15) is 0 Å². The van der Waals surface area contributed by atoms with Gasteiger partial charge in [0.05, 0.1) is 11.5 Å². The molecule has 7 amide bonds. The lowest BCUT2D eigenvalue weighted by Gasteiger charge is -2.27. The molecule has 7 aromatic carbocycles. The van der Waals surface area contributed by atoms with Crippen LogP contribution in [0.1, 0.15) is 387 Å². The molecule has 0 unspecified atom stereocenters. The molecule has 7 rings (SSSR count). The third kappa shape index (κ3) is 63.6. The Bertz CT molecular complexity index is 4820. The molecule has 0 bridgehead atoms. The highest BCUT2D eigenvalue weighted by Crippen LogP contribution is 2.28. The summed E-state index contributed by atoms with van der Waals surface area (Å²) in [5, 5.41) is 17.9. The maximum absolute atomic E-state index is 12.4. The fraction of sp³-hybridized carbons (Fsp3) is 0.536. The summed E-state index contributed by atoms with van der Waals surface area (Å²) in [6, 6.07) is 61.5. The fourth-order valence-corrected chi connectivity index (χ4v) is 16.7. The first-order valence-electron chi connectivity index (χ1n) is 54.6. The molecule has 0 fully saturated rings. The Morgan fingerprint density at radius 2 is 0.445 bits per heavy atom. The van der Waals surface area contributed by atoms with Crippen LogP contribution < -0.4 is 34.3 Å². The van der Waals surface area contributed by atoms with Gasteiger partial charge in [-0.15, -0.1) is 0 Å². The van der Waals surface area contributed by atoms with E-state index >= 15 is 0 Å². The number of aliphatic hydroxyl groups excluding tert-OH is 2. The monoisotopic (exact) mass is 2010 g/mol. The van der Waals surface area contributed by atoms with Gasteiger partial charge in [0.2, 0.25) is 41.4 Å². The van der Waals surface area contributed by atoms with Gasteiger partial charge in [0.1, 0.15) is 28.9 Å². The Morgan fingerprint density at radius 1 is 0.233 bits per heavy atom. The molecule has 0 saturated heterocycles. The predicted octanol–water partition coefficient (Wildman–Crippen LogP) is 30.8. The molecule has 2 N–H and O–H groups in total. The molecule has 0 aliphatic rings. The number of carbonyl (C=O) groups is 12. The Morgan fingerprint density at radius 3 is 0.712 bits per heavy atom. The molecule has 0 saturated carbocycles. The summed E-state index contributed by atoms with van der Waals surface area (Å²) >= 11 is 0. The van der Waals surface area contributed by atoms with Crippen LogP contribution in [0.15, 0.2) is 213 Å². The van der Waals surface area contributed by atoms with Gasteiger partial charge in [-0.25, -0.2) is 0 Å². The molecule has 0 aromatic heterocycles. The molecule has 21 nitrogen and oxygen atoms in total. The Balaban J connectivity index is 0.000000852. The summed E-state index contributed by atoms with van der Waals surface area (Å²) < 4.78 is 0. The highest BCUT2D eigenvalue weighted by molar-refractivity contribution is 5.98. The Labute approximate surface area is 881 Å². The summed E-state index contributed by atoms with van der Waals surface area (Å²) in [6.07, 6.45) is 40.1. The molecular formula is C125H187N7O14. The van der Waals surface area contributed by atoms with Crippen molar-refractivity contribution in [2.24, 2.45) is 0 Å². The van der Waals surface area contributed by atoms with Crippen molar-refractivity contribution in [3.8, 4) is 0 Å². The van der Waals surface area contributed by atoms with Crippen LogP contribution in [-0.4, -0.2) is 127 Å². The van der Waals surface area contributed by atoms with E-state index in [1.165, 1.54) is 5.56 Å². The standard InChI is InChI=1S/2C19H29NO2.4C18H27NO2.C15H21NO2/c1-4-20(18-14-11-10-12-16(18)2)19(22)15-9-7-5-6-8-13-17(3)21;1-3-20(18-14-10-8-11-15-18)19(22)16-12-7-5-4-6-9-13-17(2)21;1-15(2)19(17-12-8-6-9-13-17)18(21)14-10-5-4-7-11-16(3)20;1-15-11-9-10-13-17(15)19(3)18(21)14-8-6-4-5-7-12-16(2)20;1-15-11-13-17(14-12-15)19(3)18(21)10-8-6-4-5-7-9-16(2)20;1-4-19(17-13-10-9-11-15(17)2)18(21)14-8-6-5-7-12-16(3)20;1-3-16(14-10-5-4-6-11-14)15(18)12-8-7-9-13(2)17/h10-12,14H,4-9,13,15H2,1-3H3;8,10-11,14-15H,3-7,9,12-13,16H2,1-2H3;6,8-9,12-13,15H,4-5,7,10-11,14H2,1-3H3;9-11,13,20H,2,4-8,12,14H2,1,3H3;11-14,20H,2,4-10H2,1,3H3;9-11,13H,4-8,12,14H2,1-3H3;4-6,10-11H,3,7-9,12H2,1-2H3. The zero-order valence-electron chi connectivity index (χ0n) is 93.0. The SMILES string of the molecule is C=C(O)CCCCCCCC(=O)N(C)c1ccc(C)cc1.C=C(O)CCCCCCCC(=O)N(C)c1ccccc1C.CC(=O)CCCCCCC(=O)N(c1ccccc1)C(C)C.CCN(C(=O)CCCCC(C)=O)c1ccccc1.CCN(C(=O)CCCCCCC(C)=O)c1ccccc1C.CCN(C(=O)CCCCCCCC(C)=O)c1ccccc1C.CCN(C(=O)CCCCCCCCC(C)=O)c1ccccc1. The largest absolute Gasteiger partial charge is 0.513 e. The molecule has 7 aromatic rings. The van der Waals surface area contributed by atoms with Crippen LogP contribution in [0.3, 0.4) is 0 Å². The number of aliphatic hydroxyl groups is 2. The van der Waals surface area contributed by atoms with E-state index in [1.54, 1.807) is 49.3 Å². The average Bonchev–Trinajstić information content (AvgIpc) is 0.858. The molecule has 0 radical (unpaired) electrons. The number of Topliss-reactive ketones (excluding diaryl/α,β-unsaturated/α-hetero) is 5. The van der Waals surface area contributed by atoms with Crippen LogP contribution in [0.5, 0.6) is 0 Å². The number of amides is 7. The van der Waals surface area contributed by atoms with Gasteiger partial charge in [0.25, 0.3) is 0 Å². The number of hydrogen-bond donors (Lipinski definition) is 2. The number of anilines is 7. The maximum atomic E-state index is 12.4. The van der Waals surface area contributed by atoms with Crippen LogP contribution in [0.2, 0.25) is 0 Å². The number of allylic oxidation sites excluding steroid dienone is 2. The van der Waals surface area contributed by atoms with Crippen molar-refractivity contribution in [2.75, 3.05) is 74.6 Å². The normalized spacial score (nSPS) is 10.4. The Kier molecular flexibility index (Phi) is 75.5. The van der Waals surface area contributed by atoms with Crippen molar-refractivity contribution in [2.45, 2.75) is 399 Å². The minimum atomic E-state index is 0.132. The molecule has 0 heterocycles. The first-order chi connectivity index (χ1) is 70.0. The molecule has 146 heavy (non-hydrogen) atoms. The third-order valence-corrected chi connectivity index (χ3v) is 25.2. The molecule has 0 aliphatic heterocycles. The number of benzene rings is 7. The number of nitrogens with zero attached hydrogens (tertiary/aromatic N) is 7. The smallest absolute Gasteiger partial charge is 0.227 e. The number of hydrogen-bond acceptors (Lipinski definition) is 14. The van der Waals surface area contributed by atoms with Gasteiger partial charge in [0, 0.05) is 176 Å². The van der Waals surface area contributed by atoms with Crippen molar-refractivity contribution in [1.82, 2.24) is 0 Å². The van der Waals surface area contributed by atoms with Crippen LogP contribution >= 0.6 is 0 Å². The Hall–Kier alpha value is -11.7. The topological polar surface area (TPSA) is 268 Å². The van der Waals surface area contributed by atoms with Gasteiger partial charge in [0.15, 0.2) is 0 Å². The van der Waals surface area contributed by atoms with Gasteiger partial charge in [-0.05, 0) is 277 Å². The van der Waals surface area contributed by atoms with Crippen LogP contribution in [-0.2, 0) is 57.5 Å². The molecule has 0 aliphatic carbocycles. The van der Waals surface area contributed by atoms with E-state index in [0.29, 0.717) is 116 Å². The summed E-state index contributed by atoms with van der Waals surface area (Å²) in [7, 11) is 3.68. The number of para-hydroxylation sites is 6. The molecular weight excluding hydrogens is 1820 g/mol. The van der Waals surface area contributed by atoms with E-state index in [4.69, 9.17) is 10.2 Å². The predicted molar refractivity (Wildman–Crippen MR) is 610 cm³/mol. The lowest BCUT2D eigenvalue weighted by atomic mass is 10.1. The van der Waals surface area contributed by atoms with Crippen LogP contribution in [0.4, 0.5) is 39.8 Å². The summed E-state index contributed by atoms with van der Waals surface area (Å²) in [6.45, 7) is 38.1. The summed E-state index contributed by atoms with van der Waals surface area (Å²) in [5.41, 5.74) is 11.5. The second-order valence-electron chi connectivity index (χ2n) is 38.6. The zero-order valence-corrected chi connectivity index (χ0v) is 93.0.